The molecule has 1 amide bonds. The number of H-pyrrole nitrogens is 1. The number of aryl methyl sites for hydroxylation is 2. The van der Waals surface area contributed by atoms with Gasteiger partial charge in [0.15, 0.2) is 0 Å². The summed E-state index contributed by atoms with van der Waals surface area (Å²) in [6.07, 6.45) is 1.05. The first-order valence-electron chi connectivity index (χ1n) is 7.41. The van der Waals surface area contributed by atoms with Gasteiger partial charge in [0.1, 0.15) is 5.69 Å². The van der Waals surface area contributed by atoms with Gasteiger partial charge in [-0.05, 0) is 49.6 Å². The number of hydrogen-bond donors (Lipinski definition) is 3. The van der Waals surface area contributed by atoms with Crippen LogP contribution in [0.5, 0.6) is 0 Å². The van der Waals surface area contributed by atoms with Crippen molar-refractivity contribution in [3.63, 3.8) is 0 Å². The van der Waals surface area contributed by atoms with Crippen molar-refractivity contribution in [2.45, 2.75) is 26.3 Å². The van der Waals surface area contributed by atoms with Crippen molar-refractivity contribution in [3.8, 4) is 0 Å². The molecule has 0 fully saturated rings. The lowest BCUT2D eigenvalue weighted by atomic mass is 9.94. The quantitative estimate of drug-likeness (QED) is 0.809. The second-order valence-corrected chi connectivity index (χ2v) is 5.68. The van der Waals surface area contributed by atoms with E-state index in [0.717, 1.165) is 24.2 Å². The van der Waals surface area contributed by atoms with Crippen LogP contribution in [0.25, 0.3) is 0 Å². The van der Waals surface area contributed by atoms with Gasteiger partial charge >= 0.3 is 0 Å². The van der Waals surface area contributed by atoms with Crippen LogP contribution < -0.4 is 10.6 Å². The zero-order chi connectivity index (χ0) is 14.8. The van der Waals surface area contributed by atoms with Gasteiger partial charge in [0.25, 0.3) is 5.91 Å². The van der Waals surface area contributed by atoms with Gasteiger partial charge in [0, 0.05) is 18.3 Å². The summed E-state index contributed by atoms with van der Waals surface area (Å²) in [5.41, 5.74) is 5.34. The molecule has 0 aliphatic carbocycles. The van der Waals surface area contributed by atoms with Crippen molar-refractivity contribution in [1.29, 1.82) is 0 Å². The first-order chi connectivity index (χ1) is 10.1. The van der Waals surface area contributed by atoms with Crippen molar-refractivity contribution in [3.05, 3.63) is 58.4 Å². The van der Waals surface area contributed by atoms with Crippen molar-refractivity contribution < 1.29 is 4.79 Å². The predicted octanol–water partition coefficient (Wildman–Crippen LogP) is 2.25. The van der Waals surface area contributed by atoms with Crippen LogP contribution in [0.15, 0.2) is 30.3 Å². The molecule has 1 aliphatic rings. The monoisotopic (exact) mass is 283 g/mol. The predicted molar refractivity (Wildman–Crippen MR) is 83.5 cm³/mol. The fourth-order valence-corrected chi connectivity index (χ4v) is 3.02. The smallest absolute Gasteiger partial charge is 0.268 e. The summed E-state index contributed by atoms with van der Waals surface area (Å²) in [6, 6.07) is 10.6. The van der Waals surface area contributed by atoms with E-state index in [1.807, 2.05) is 19.9 Å². The maximum atomic E-state index is 12.3. The number of amides is 1. The molecule has 0 saturated heterocycles. The second-order valence-electron chi connectivity index (χ2n) is 5.68. The molecular weight excluding hydrogens is 262 g/mol. The topological polar surface area (TPSA) is 56.9 Å². The van der Waals surface area contributed by atoms with E-state index in [0.29, 0.717) is 12.2 Å². The molecule has 4 heteroatoms. The average Bonchev–Trinajstić information content (AvgIpc) is 2.83. The Morgan fingerprint density at radius 1 is 1.33 bits per heavy atom. The third kappa shape index (κ3) is 2.85. The standard InChI is InChI=1S/C17H21N3O/c1-11-9-12(2)20-16(11)17(21)19-10-15-14-6-4-3-5-13(14)7-8-18-15/h3-6,9,15,18,20H,7-8,10H2,1-2H3,(H,19,21). The van der Waals surface area contributed by atoms with Crippen molar-refractivity contribution in [2.24, 2.45) is 0 Å². The summed E-state index contributed by atoms with van der Waals surface area (Å²) in [6.45, 7) is 5.47. The fourth-order valence-electron chi connectivity index (χ4n) is 3.02. The molecule has 1 aromatic heterocycles. The minimum atomic E-state index is -0.0366. The van der Waals surface area contributed by atoms with E-state index < -0.39 is 0 Å². The highest BCUT2D eigenvalue weighted by molar-refractivity contribution is 5.94. The number of aromatic nitrogens is 1. The molecule has 2 aromatic rings. The highest BCUT2D eigenvalue weighted by atomic mass is 16.1. The normalized spacial score (nSPS) is 17.3. The maximum Gasteiger partial charge on any atom is 0.268 e. The van der Waals surface area contributed by atoms with Crippen LogP contribution in [-0.2, 0) is 6.42 Å². The van der Waals surface area contributed by atoms with Crippen LogP contribution in [0.3, 0.4) is 0 Å². The highest BCUT2D eigenvalue weighted by Gasteiger charge is 2.20. The summed E-state index contributed by atoms with van der Waals surface area (Å²) < 4.78 is 0. The summed E-state index contributed by atoms with van der Waals surface area (Å²) in [5.74, 6) is -0.0366. The summed E-state index contributed by atoms with van der Waals surface area (Å²) >= 11 is 0. The Hall–Kier alpha value is -2.07. The Morgan fingerprint density at radius 3 is 2.90 bits per heavy atom. The van der Waals surface area contributed by atoms with E-state index in [2.05, 4.69) is 39.9 Å². The molecule has 1 aliphatic heterocycles. The minimum Gasteiger partial charge on any atom is -0.354 e. The van der Waals surface area contributed by atoms with E-state index in [1.54, 1.807) is 0 Å². The van der Waals surface area contributed by atoms with Gasteiger partial charge in [0.05, 0.1) is 0 Å². The first kappa shape index (κ1) is 13.9. The zero-order valence-electron chi connectivity index (χ0n) is 12.5. The van der Waals surface area contributed by atoms with Crippen LogP contribution in [0.1, 0.15) is 38.9 Å². The molecule has 0 radical (unpaired) electrons. The molecule has 21 heavy (non-hydrogen) atoms. The van der Waals surface area contributed by atoms with Gasteiger partial charge in [0.2, 0.25) is 0 Å². The van der Waals surface area contributed by atoms with Gasteiger partial charge < -0.3 is 15.6 Å². The molecule has 1 aromatic carbocycles. The summed E-state index contributed by atoms with van der Waals surface area (Å²) in [5, 5.41) is 6.51. The molecule has 3 rings (SSSR count). The molecule has 0 spiro atoms. The van der Waals surface area contributed by atoms with Crippen LogP contribution >= 0.6 is 0 Å². The van der Waals surface area contributed by atoms with Crippen molar-refractivity contribution in [1.82, 2.24) is 15.6 Å². The van der Waals surface area contributed by atoms with Crippen LogP contribution in [0.4, 0.5) is 0 Å². The summed E-state index contributed by atoms with van der Waals surface area (Å²) in [4.78, 5) is 15.4. The van der Waals surface area contributed by atoms with Crippen LogP contribution in [-0.4, -0.2) is 24.0 Å². The maximum absolute atomic E-state index is 12.3. The molecular formula is C17H21N3O. The largest absolute Gasteiger partial charge is 0.354 e. The molecule has 3 N–H and O–H groups in total. The third-order valence-electron chi connectivity index (χ3n) is 4.06. The lowest BCUT2D eigenvalue weighted by molar-refractivity contribution is 0.0944. The Morgan fingerprint density at radius 2 is 2.14 bits per heavy atom. The molecule has 0 bridgehead atoms. The Balaban J connectivity index is 1.69. The zero-order valence-corrected chi connectivity index (χ0v) is 12.5. The van der Waals surface area contributed by atoms with Crippen LogP contribution in [0, 0.1) is 13.8 Å². The molecule has 110 valence electrons. The number of fused-ring (bicyclic) bond motifs is 1. The van der Waals surface area contributed by atoms with Crippen molar-refractivity contribution in [2.75, 3.05) is 13.1 Å². The van der Waals surface area contributed by atoms with E-state index in [1.165, 1.54) is 11.1 Å². The number of hydrogen-bond acceptors (Lipinski definition) is 2. The van der Waals surface area contributed by atoms with Gasteiger partial charge in [-0.25, -0.2) is 0 Å². The van der Waals surface area contributed by atoms with Gasteiger partial charge in [-0.2, -0.15) is 0 Å². The summed E-state index contributed by atoms with van der Waals surface area (Å²) in [7, 11) is 0. The number of aromatic amines is 1. The number of carbonyl (C=O) groups excluding carboxylic acids is 1. The SMILES string of the molecule is Cc1cc(C)c(C(=O)NCC2NCCc3ccccc32)[nH]1. The number of nitrogens with one attached hydrogen (secondary N) is 3. The van der Waals surface area contributed by atoms with Gasteiger partial charge in [-0.1, -0.05) is 24.3 Å². The Kier molecular flexibility index (Phi) is 3.80. The average molecular weight is 283 g/mol. The Labute approximate surface area is 125 Å². The molecule has 4 nitrogen and oxygen atoms in total. The second kappa shape index (κ2) is 5.74. The number of rotatable bonds is 3. The number of benzene rings is 1. The van der Waals surface area contributed by atoms with Gasteiger partial charge in [-0.3, -0.25) is 4.79 Å². The van der Waals surface area contributed by atoms with Gasteiger partial charge in [-0.15, -0.1) is 0 Å². The van der Waals surface area contributed by atoms with E-state index in [9.17, 15) is 4.79 Å². The third-order valence-corrected chi connectivity index (χ3v) is 4.06. The molecule has 0 saturated carbocycles. The van der Waals surface area contributed by atoms with E-state index >= 15 is 0 Å². The van der Waals surface area contributed by atoms with Crippen molar-refractivity contribution >= 4 is 5.91 Å². The molecule has 1 unspecified atom stereocenters. The lowest BCUT2D eigenvalue weighted by Gasteiger charge is -2.27. The molecule has 2 heterocycles. The van der Waals surface area contributed by atoms with E-state index in [-0.39, 0.29) is 11.9 Å². The Bertz CT molecular complexity index is 660. The number of carbonyl (C=O) groups is 1. The minimum absolute atomic E-state index is 0.0366. The first-order valence-corrected chi connectivity index (χ1v) is 7.41. The lowest BCUT2D eigenvalue weighted by Crippen LogP contribution is -2.39. The fraction of sp³-hybridized carbons (Fsp3) is 0.353. The molecule has 1 atom stereocenters. The van der Waals surface area contributed by atoms with Crippen LogP contribution in [0.2, 0.25) is 0 Å². The highest BCUT2D eigenvalue weighted by Crippen LogP contribution is 2.22. The van der Waals surface area contributed by atoms with E-state index in [4.69, 9.17) is 0 Å².